The Morgan fingerprint density at radius 1 is 1.24 bits per heavy atom. The number of hydrogen-bond acceptors (Lipinski definition) is 2. The van der Waals surface area contributed by atoms with Crippen LogP contribution in [0.2, 0.25) is 0 Å². The Morgan fingerprint density at radius 3 is 2.67 bits per heavy atom. The fraction of sp³-hybridized carbons (Fsp3) is 0.684. The van der Waals surface area contributed by atoms with Gasteiger partial charge in [0.1, 0.15) is 0 Å². The third-order valence-electron chi connectivity index (χ3n) is 4.51. The molecule has 1 saturated carbocycles. The van der Waals surface area contributed by atoms with Crippen molar-refractivity contribution < 1.29 is 4.74 Å². The summed E-state index contributed by atoms with van der Waals surface area (Å²) in [6.07, 6.45) is 6.78. The first-order valence-electron chi connectivity index (χ1n) is 8.60. The summed E-state index contributed by atoms with van der Waals surface area (Å²) in [5.74, 6) is 0.824. The summed E-state index contributed by atoms with van der Waals surface area (Å²) in [6, 6.07) is 9.17. The Labute approximate surface area is 130 Å². The minimum atomic E-state index is 0.322. The van der Waals surface area contributed by atoms with Crippen LogP contribution in [0.1, 0.15) is 63.1 Å². The van der Waals surface area contributed by atoms with E-state index in [4.69, 9.17) is 4.74 Å². The van der Waals surface area contributed by atoms with Crippen molar-refractivity contribution in [1.29, 1.82) is 0 Å². The molecule has 0 bridgehead atoms. The molecule has 2 nitrogen and oxygen atoms in total. The zero-order chi connectivity index (χ0) is 15.1. The molecule has 0 heterocycles. The van der Waals surface area contributed by atoms with E-state index in [1.165, 1.54) is 36.8 Å². The maximum atomic E-state index is 6.23. The first kappa shape index (κ1) is 16.5. The monoisotopic (exact) mass is 289 g/mol. The fourth-order valence-electron chi connectivity index (χ4n) is 3.15. The molecule has 2 rings (SSSR count). The fourth-order valence-corrected chi connectivity index (χ4v) is 3.15. The Hall–Kier alpha value is -0.860. The smallest absolute Gasteiger partial charge is 0.0665 e. The summed E-state index contributed by atoms with van der Waals surface area (Å²) in [6.45, 7) is 8.53. The second-order valence-corrected chi connectivity index (χ2v) is 6.64. The van der Waals surface area contributed by atoms with Crippen LogP contribution in [0.25, 0.3) is 0 Å². The molecule has 1 aromatic carbocycles. The zero-order valence-corrected chi connectivity index (χ0v) is 13.9. The predicted octanol–water partition coefficient (Wildman–Crippen LogP) is 4.63. The number of ether oxygens (including phenoxy) is 1. The topological polar surface area (TPSA) is 21.3 Å². The zero-order valence-electron chi connectivity index (χ0n) is 13.9. The van der Waals surface area contributed by atoms with Crippen molar-refractivity contribution in [1.82, 2.24) is 5.32 Å². The second kappa shape index (κ2) is 8.55. The van der Waals surface area contributed by atoms with Gasteiger partial charge in [0.15, 0.2) is 0 Å². The van der Waals surface area contributed by atoms with E-state index < -0.39 is 0 Å². The number of nitrogens with one attached hydrogen (secondary N) is 1. The molecule has 1 aliphatic carbocycles. The first-order valence-corrected chi connectivity index (χ1v) is 8.60. The summed E-state index contributed by atoms with van der Waals surface area (Å²) in [7, 11) is 0. The normalized spacial score (nSPS) is 24.0. The molecule has 0 amide bonds. The molecule has 0 radical (unpaired) electrons. The van der Waals surface area contributed by atoms with Crippen LogP contribution in [0.15, 0.2) is 24.3 Å². The standard InChI is InChI=1S/C19H31NO/c1-4-12-20-19(17-10-8-15(2)9-11-17)14-21-18-7-5-6-16(3)13-18/h8-11,16,18-20H,4-7,12-14H2,1-3H3. The van der Waals surface area contributed by atoms with Crippen molar-refractivity contribution in [2.45, 2.75) is 65.0 Å². The number of benzene rings is 1. The van der Waals surface area contributed by atoms with Gasteiger partial charge in [-0.1, -0.05) is 56.5 Å². The van der Waals surface area contributed by atoms with Crippen LogP contribution in [0.3, 0.4) is 0 Å². The molecule has 21 heavy (non-hydrogen) atoms. The van der Waals surface area contributed by atoms with Crippen molar-refractivity contribution in [3.05, 3.63) is 35.4 Å². The van der Waals surface area contributed by atoms with Crippen LogP contribution < -0.4 is 5.32 Å². The van der Waals surface area contributed by atoms with Gasteiger partial charge in [-0.05, 0) is 44.2 Å². The molecule has 2 heteroatoms. The Balaban J connectivity index is 1.91. The molecule has 1 aliphatic rings. The number of aryl methyl sites for hydroxylation is 1. The van der Waals surface area contributed by atoms with Gasteiger partial charge in [0, 0.05) is 0 Å². The molecule has 3 unspecified atom stereocenters. The van der Waals surface area contributed by atoms with Gasteiger partial charge in [-0.15, -0.1) is 0 Å². The lowest BCUT2D eigenvalue weighted by Gasteiger charge is -2.29. The molecule has 0 spiro atoms. The van der Waals surface area contributed by atoms with Crippen LogP contribution in [-0.4, -0.2) is 19.3 Å². The van der Waals surface area contributed by atoms with Crippen molar-refractivity contribution in [2.24, 2.45) is 5.92 Å². The molecular formula is C19H31NO. The third-order valence-corrected chi connectivity index (χ3v) is 4.51. The minimum absolute atomic E-state index is 0.322. The maximum absolute atomic E-state index is 6.23. The molecule has 0 aromatic heterocycles. The quantitative estimate of drug-likeness (QED) is 0.790. The number of rotatable bonds is 7. The maximum Gasteiger partial charge on any atom is 0.0665 e. The van der Waals surface area contributed by atoms with Crippen LogP contribution in [-0.2, 0) is 4.74 Å². The van der Waals surface area contributed by atoms with Gasteiger partial charge >= 0.3 is 0 Å². The van der Waals surface area contributed by atoms with E-state index in [2.05, 4.69) is 50.4 Å². The first-order chi connectivity index (χ1) is 10.2. The highest BCUT2D eigenvalue weighted by atomic mass is 16.5. The Bertz CT molecular complexity index is 401. The SMILES string of the molecule is CCCNC(COC1CCCC(C)C1)c1ccc(C)cc1. The summed E-state index contributed by atoms with van der Waals surface area (Å²) < 4.78 is 6.23. The van der Waals surface area contributed by atoms with Gasteiger partial charge in [-0.3, -0.25) is 0 Å². The Morgan fingerprint density at radius 2 is 2.00 bits per heavy atom. The molecule has 0 saturated heterocycles. The molecule has 1 aromatic rings. The van der Waals surface area contributed by atoms with Crippen molar-refractivity contribution >= 4 is 0 Å². The van der Waals surface area contributed by atoms with Gasteiger partial charge in [-0.25, -0.2) is 0 Å². The van der Waals surface area contributed by atoms with Crippen molar-refractivity contribution in [3.63, 3.8) is 0 Å². The Kier molecular flexibility index (Phi) is 6.72. The van der Waals surface area contributed by atoms with Crippen molar-refractivity contribution in [3.8, 4) is 0 Å². The van der Waals surface area contributed by atoms with E-state index >= 15 is 0 Å². The van der Waals surface area contributed by atoms with Gasteiger partial charge < -0.3 is 10.1 Å². The van der Waals surface area contributed by atoms with Gasteiger partial charge in [-0.2, -0.15) is 0 Å². The summed E-state index contributed by atoms with van der Waals surface area (Å²) in [5, 5.41) is 3.63. The van der Waals surface area contributed by atoms with E-state index in [0.717, 1.165) is 25.5 Å². The minimum Gasteiger partial charge on any atom is -0.376 e. The molecular weight excluding hydrogens is 258 g/mol. The van der Waals surface area contributed by atoms with E-state index in [0.29, 0.717) is 12.1 Å². The summed E-state index contributed by atoms with van der Waals surface area (Å²) in [4.78, 5) is 0. The van der Waals surface area contributed by atoms with Crippen LogP contribution in [0.5, 0.6) is 0 Å². The highest BCUT2D eigenvalue weighted by Gasteiger charge is 2.21. The molecule has 1 N–H and O–H groups in total. The molecule has 1 fully saturated rings. The lowest BCUT2D eigenvalue weighted by atomic mass is 9.88. The van der Waals surface area contributed by atoms with E-state index in [1.54, 1.807) is 0 Å². The number of hydrogen-bond donors (Lipinski definition) is 1. The molecule has 0 aliphatic heterocycles. The lowest BCUT2D eigenvalue weighted by molar-refractivity contribution is 0.00400. The van der Waals surface area contributed by atoms with E-state index in [9.17, 15) is 0 Å². The predicted molar refractivity (Wildman–Crippen MR) is 89.6 cm³/mol. The van der Waals surface area contributed by atoms with Crippen molar-refractivity contribution in [2.75, 3.05) is 13.2 Å². The van der Waals surface area contributed by atoms with E-state index in [-0.39, 0.29) is 0 Å². The average molecular weight is 289 g/mol. The third kappa shape index (κ3) is 5.44. The van der Waals surface area contributed by atoms with Crippen LogP contribution in [0, 0.1) is 12.8 Å². The molecule has 118 valence electrons. The highest BCUT2D eigenvalue weighted by molar-refractivity contribution is 5.24. The highest BCUT2D eigenvalue weighted by Crippen LogP contribution is 2.26. The summed E-state index contributed by atoms with van der Waals surface area (Å²) >= 11 is 0. The second-order valence-electron chi connectivity index (χ2n) is 6.64. The van der Waals surface area contributed by atoms with Gasteiger partial charge in [0.05, 0.1) is 18.8 Å². The van der Waals surface area contributed by atoms with Gasteiger partial charge in [0.2, 0.25) is 0 Å². The largest absolute Gasteiger partial charge is 0.376 e. The van der Waals surface area contributed by atoms with Gasteiger partial charge in [0.25, 0.3) is 0 Å². The summed E-state index contributed by atoms with van der Waals surface area (Å²) in [5.41, 5.74) is 2.66. The average Bonchev–Trinajstić information content (AvgIpc) is 2.49. The van der Waals surface area contributed by atoms with Crippen LogP contribution >= 0.6 is 0 Å². The van der Waals surface area contributed by atoms with Crippen LogP contribution in [0.4, 0.5) is 0 Å². The molecule has 3 atom stereocenters. The van der Waals surface area contributed by atoms with E-state index in [1.807, 2.05) is 0 Å². The lowest BCUT2D eigenvalue weighted by Crippen LogP contribution is -2.30.